The van der Waals surface area contributed by atoms with E-state index in [1.165, 1.54) is 244 Å². The quantitative estimate of drug-likeness (QED) is 0.0459. The molecule has 0 atom stereocenters. The highest BCUT2D eigenvalue weighted by Gasteiger charge is 2.01. The first-order valence-corrected chi connectivity index (χ1v) is 22.0. The Morgan fingerprint density at radius 2 is 0.511 bits per heavy atom. The van der Waals surface area contributed by atoms with E-state index in [9.17, 15) is 0 Å². The van der Waals surface area contributed by atoms with Crippen LogP contribution in [0.1, 0.15) is 258 Å². The van der Waals surface area contributed by atoms with E-state index in [1.807, 2.05) is 0 Å². The molecule has 0 radical (unpaired) electrons. The summed E-state index contributed by atoms with van der Waals surface area (Å²) in [6.45, 7) is 5.74. The Labute approximate surface area is 306 Å². The minimum atomic E-state index is 0. The van der Waals surface area contributed by atoms with Crippen LogP contribution in [0.25, 0.3) is 0 Å². The molecule has 0 unspecified atom stereocenters. The number of hydrogen-bond donors (Lipinski definition) is 0. The molecular formula is C45H92ClN. The molecule has 0 rings (SSSR count). The molecular weight excluding hydrogens is 590 g/mol. The highest BCUT2D eigenvalue weighted by atomic mass is 35.5. The van der Waals surface area contributed by atoms with Crippen LogP contribution in [0, 0.1) is 0 Å². The molecule has 0 aromatic carbocycles. The Bertz CT molecular complexity index is 528. The maximum Gasteiger partial charge on any atom is 0.0159 e. The fraction of sp³-hybridized carbons (Fsp3) is 0.956. The van der Waals surface area contributed by atoms with Crippen LogP contribution in [-0.2, 0) is 0 Å². The van der Waals surface area contributed by atoms with E-state index in [1.54, 1.807) is 5.57 Å². The van der Waals surface area contributed by atoms with E-state index in [0.29, 0.717) is 0 Å². The normalized spacial score (nSPS) is 11.3. The van der Waals surface area contributed by atoms with Crippen molar-refractivity contribution in [2.45, 2.75) is 258 Å². The average Bonchev–Trinajstić information content (AvgIpc) is 3.05. The lowest BCUT2D eigenvalue weighted by molar-refractivity contribution is 0.453. The first kappa shape index (κ1) is 49.1. The minimum Gasteiger partial charge on any atom is -0.306 e. The van der Waals surface area contributed by atoms with Gasteiger partial charge in [-0.3, -0.25) is 0 Å². The third kappa shape index (κ3) is 44.0. The first-order valence-electron chi connectivity index (χ1n) is 22.0. The number of likely N-dealkylation sites (N-methyl/N-ethyl adjacent to an activating group) is 1. The van der Waals surface area contributed by atoms with Crippen LogP contribution in [-0.4, -0.2) is 25.5 Å². The predicted molar refractivity (Wildman–Crippen MR) is 221 cm³/mol. The number of allylic oxidation sites excluding steroid dienone is 1. The van der Waals surface area contributed by atoms with E-state index in [4.69, 9.17) is 0 Å². The summed E-state index contributed by atoms with van der Waals surface area (Å²) in [6.07, 6.45) is 57.9. The SMILES string of the molecule is CCCCCCCCCCCCCCCCCCCCC(=CCN(C)C)CCCCCCCCCCCCCCCCCCCC.Cl. The van der Waals surface area contributed by atoms with Gasteiger partial charge in [-0.2, -0.15) is 0 Å². The van der Waals surface area contributed by atoms with Crippen LogP contribution in [0.3, 0.4) is 0 Å². The van der Waals surface area contributed by atoms with Crippen LogP contribution < -0.4 is 0 Å². The summed E-state index contributed by atoms with van der Waals surface area (Å²) in [5.74, 6) is 0. The fourth-order valence-electron chi connectivity index (χ4n) is 7.15. The molecule has 0 spiro atoms. The summed E-state index contributed by atoms with van der Waals surface area (Å²) < 4.78 is 0. The lowest BCUT2D eigenvalue weighted by Crippen LogP contribution is -2.11. The third-order valence-electron chi connectivity index (χ3n) is 10.4. The highest BCUT2D eigenvalue weighted by Crippen LogP contribution is 2.20. The average molecular weight is 683 g/mol. The summed E-state index contributed by atoms with van der Waals surface area (Å²) in [4.78, 5) is 2.32. The van der Waals surface area contributed by atoms with Gasteiger partial charge in [0.15, 0.2) is 0 Å². The van der Waals surface area contributed by atoms with Crippen molar-refractivity contribution >= 4 is 12.4 Å². The first-order chi connectivity index (χ1) is 22.7. The molecule has 0 aromatic heterocycles. The van der Waals surface area contributed by atoms with Crippen molar-refractivity contribution in [3.05, 3.63) is 11.6 Å². The maximum absolute atomic E-state index is 2.56. The van der Waals surface area contributed by atoms with Gasteiger partial charge in [0.1, 0.15) is 0 Å². The van der Waals surface area contributed by atoms with Gasteiger partial charge in [-0.1, -0.05) is 244 Å². The molecule has 0 N–H and O–H groups in total. The molecule has 0 amide bonds. The Balaban J connectivity index is 0. The van der Waals surface area contributed by atoms with Crippen LogP contribution in [0.5, 0.6) is 0 Å². The number of hydrogen-bond acceptors (Lipinski definition) is 1. The summed E-state index contributed by atoms with van der Waals surface area (Å²) in [5.41, 5.74) is 1.75. The summed E-state index contributed by atoms with van der Waals surface area (Å²) >= 11 is 0. The van der Waals surface area contributed by atoms with Gasteiger partial charge >= 0.3 is 0 Å². The van der Waals surface area contributed by atoms with Gasteiger partial charge in [0.25, 0.3) is 0 Å². The smallest absolute Gasteiger partial charge is 0.0159 e. The van der Waals surface area contributed by atoms with Crippen LogP contribution in [0.4, 0.5) is 0 Å². The molecule has 0 saturated heterocycles. The van der Waals surface area contributed by atoms with E-state index in [0.717, 1.165) is 6.54 Å². The van der Waals surface area contributed by atoms with E-state index in [2.05, 4.69) is 38.9 Å². The summed E-state index contributed by atoms with van der Waals surface area (Å²) in [6, 6.07) is 0. The van der Waals surface area contributed by atoms with Gasteiger partial charge < -0.3 is 4.90 Å². The predicted octanol–water partition coefficient (Wildman–Crippen LogP) is 16.8. The van der Waals surface area contributed by atoms with Crippen molar-refractivity contribution in [3.63, 3.8) is 0 Å². The Kier molecular flexibility index (Phi) is 46.0. The topological polar surface area (TPSA) is 3.24 Å². The van der Waals surface area contributed by atoms with Crippen LogP contribution in [0.2, 0.25) is 0 Å². The molecule has 284 valence electrons. The fourth-order valence-corrected chi connectivity index (χ4v) is 7.15. The van der Waals surface area contributed by atoms with E-state index >= 15 is 0 Å². The lowest BCUT2D eigenvalue weighted by Gasteiger charge is -2.11. The van der Waals surface area contributed by atoms with Crippen molar-refractivity contribution in [3.8, 4) is 0 Å². The minimum absolute atomic E-state index is 0. The van der Waals surface area contributed by atoms with Gasteiger partial charge in [0, 0.05) is 6.54 Å². The number of nitrogens with zero attached hydrogens (tertiary/aromatic N) is 1. The largest absolute Gasteiger partial charge is 0.306 e. The lowest BCUT2D eigenvalue weighted by atomic mass is 9.98. The van der Waals surface area contributed by atoms with Crippen molar-refractivity contribution in [1.29, 1.82) is 0 Å². The maximum atomic E-state index is 2.56. The van der Waals surface area contributed by atoms with Gasteiger partial charge in [-0.05, 0) is 39.8 Å². The molecule has 0 heterocycles. The van der Waals surface area contributed by atoms with Crippen molar-refractivity contribution < 1.29 is 0 Å². The zero-order valence-electron chi connectivity index (χ0n) is 33.5. The van der Waals surface area contributed by atoms with Gasteiger partial charge in [-0.25, -0.2) is 0 Å². The molecule has 0 aliphatic heterocycles. The zero-order chi connectivity index (χ0) is 33.4. The van der Waals surface area contributed by atoms with Crippen molar-refractivity contribution in [1.82, 2.24) is 4.90 Å². The Morgan fingerprint density at radius 1 is 0.319 bits per heavy atom. The molecule has 0 aromatic rings. The summed E-state index contributed by atoms with van der Waals surface area (Å²) in [7, 11) is 4.42. The van der Waals surface area contributed by atoms with Crippen LogP contribution in [0.15, 0.2) is 11.6 Å². The molecule has 0 fully saturated rings. The zero-order valence-corrected chi connectivity index (χ0v) is 34.3. The molecule has 0 aliphatic rings. The Hall–Kier alpha value is -0.0100. The number of unbranched alkanes of at least 4 members (excludes halogenated alkanes) is 34. The second-order valence-electron chi connectivity index (χ2n) is 15.6. The summed E-state index contributed by atoms with van der Waals surface area (Å²) in [5, 5.41) is 0. The molecule has 1 nitrogen and oxygen atoms in total. The molecule has 0 aliphatic carbocycles. The van der Waals surface area contributed by atoms with Crippen LogP contribution >= 0.6 is 12.4 Å². The molecule has 47 heavy (non-hydrogen) atoms. The second-order valence-corrected chi connectivity index (χ2v) is 15.6. The van der Waals surface area contributed by atoms with Gasteiger partial charge in [0.2, 0.25) is 0 Å². The second kappa shape index (κ2) is 44.0. The van der Waals surface area contributed by atoms with E-state index in [-0.39, 0.29) is 12.4 Å². The molecule has 0 saturated carbocycles. The monoisotopic (exact) mass is 682 g/mol. The third-order valence-corrected chi connectivity index (χ3v) is 10.4. The van der Waals surface area contributed by atoms with Gasteiger partial charge in [-0.15, -0.1) is 12.4 Å². The molecule has 0 bridgehead atoms. The molecule has 2 heteroatoms. The number of halogens is 1. The Morgan fingerprint density at radius 3 is 0.702 bits per heavy atom. The van der Waals surface area contributed by atoms with Crippen molar-refractivity contribution in [2.75, 3.05) is 20.6 Å². The van der Waals surface area contributed by atoms with Gasteiger partial charge in [0.05, 0.1) is 0 Å². The highest BCUT2D eigenvalue weighted by molar-refractivity contribution is 5.85. The number of rotatable bonds is 40. The van der Waals surface area contributed by atoms with Crippen molar-refractivity contribution in [2.24, 2.45) is 0 Å². The standard InChI is InChI=1S/C45H91N.ClH/c1-5-7-9-11-13-15-17-19-21-23-25-27-29-31-33-35-37-39-41-45(43-44-46(3)4)42-40-38-36-34-32-30-28-26-24-22-20-18-16-14-12-10-8-6-2;/h43H,5-42,44H2,1-4H3;1H. The van der Waals surface area contributed by atoms with E-state index < -0.39 is 0 Å².